The van der Waals surface area contributed by atoms with Gasteiger partial charge in [-0.25, -0.2) is 9.97 Å². The van der Waals surface area contributed by atoms with Crippen molar-refractivity contribution in [2.45, 2.75) is 6.42 Å². The maximum Gasteiger partial charge on any atom is 0.253 e. The average molecular weight is 353 g/mol. The van der Waals surface area contributed by atoms with Gasteiger partial charge >= 0.3 is 0 Å². The molecule has 0 aliphatic heterocycles. The van der Waals surface area contributed by atoms with Gasteiger partial charge in [-0.05, 0) is 23.6 Å². The Bertz CT molecular complexity index is 1010. The molecule has 0 radical (unpaired) electrons. The molecule has 0 spiro atoms. The quantitative estimate of drug-likeness (QED) is 0.442. The van der Waals surface area contributed by atoms with Crippen molar-refractivity contribution < 1.29 is 9.90 Å². The summed E-state index contributed by atoms with van der Waals surface area (Å²) in [6, 6.07) is 6.94. The largest absolute Gasteiger partial charge is 0.506 e. The highest BCUT2D eigenvalue weighted by Crippen LogP contribution is 2.30. The Morgan fingerprint density at radius 3 is 3.00 bits per heavy atom. The number of benzene rings is 1. The van der Waals surface area contributed by atoms with Gasteiger partial charge in [-0.1, -0.05) is 6.07 Å². The van der Waals surface area contributed by atoms with Crippen LogP contribution in [0.25, 0.3) is 21.7 Å². The Hall–Kier alpha value is -3.13. The van der Waals surface area contributed by atoms with Gasteiger partial charge < -0.3 is 20.4 Å². The van der Waals surface area contributed by atoms with Crippen molar-refractivity contribution in [3.05, 3.63) is 53.4 Å². The highest BCUT2D eigenvalue weighted by atomic mass is 32.1. The number of fused-ring (bicyclic) bond motifs is 1. The molecule has 0 bridgehead atoms. The number of carbonyl (C=O) groups excluding carboxylic acids is 1. The highest BCUT2D eigenvalue weighted by Gasteiger charge is 2.17. The summed E-state index contributed by atoms with van der Waals surface area (Å²) in [7, 11) is 0. The number of imidazole rings is 2. The lowest BCUT2D eigenvalue weighted by atomic mass is 10.1. The van der Waals surface area contributed by atoms with E-state index in [2.05, 4.69) is 25.3 Å². The molecule has 4 N–H and O–H groups in total. The molecule has 0 aliphatic carbocycles. The Morgan fingerprint density at radius 1 is 1.32 bits per heavy atom. The van der Waals surface area contributed by atoms with Gasteiger partial charge in [0.2, 0.25) is 0 Å². The van der Waals surface area contributed by atoms with E-state index in [9.17, 15) is 9.90 Å². The van der Waals surface area contributed by atoms with Crippen molar-refractivity contribution in [1.82, 2.24) is 25.3 Å². The third-order valence-corrected chi connectivity index (χ3v) is 4.70. The minimum Gasteiger partial charge on any atom is -0.506 e. The van der Waals surface area contributed by atoms with E-state index in [1.54, 1.807) is 18.5 Å². The van der Waals surface area contributed by atoms with Crippen LogP contribution in [0.4, 0.5) is 0 Å². The van der Waals surface area contributed by atoms with Crippen LogP contribution in [0.15, 0.2) is 42.0 Å². The number of hydrogen-bond acceptors (Lipinski definition) is 5. The lowest BCUT2D eigenvalue weighted by molar-refractivity contribution is 0.0955. The average Bonchev–Trinajstić information content (AvgIpc) is 3.35. The number of nitrogens with one attached hydrogen (secondary N) is 3. The number of thiophene rings is 1. The van der Waals surface area contributed by atoms with E-state index in [1.165, 1.54) is 17.4 Å². The highest BCUT2D eigenvalue weighted by molar-refractivity contribution is 7.13. The molecule has 1 amide bonds. The predicted molar refractivity (Wildman–Crippen MR) is 95.7 cm³/mol. The van der Waals surface area contributed by atoms with E-state index in [1.807, 2.05) is 17.5 Å². The normalized spacial score (nSPS) is 11.0. The Kier molecular flexibility index (Phi) is 3.95. The third-order valence-electron chi connectivity index (χ3n) is 3.82. The SMILES string of the molecule is O=C(NCCc1ncc[nH]1)c1ccc(O)c2[nH]c(-c3cccs3)nc12. The van der Waals surface area contributed by atoms with Crippen molar-refractivity contribution >= 4 is 28.3 Å². The smallest absolute Gasteiger partial charge is 0.253 e. The van der Waals surface area contributed by atoms with Crippen molar-refractivity contribution in [1.29, 1.82) is 0 Å². The second-order valence-electron chi connectivity index (χ2n) is 5.46. The molecule has 0 aliphatic rings. The predicted octanol–water partition coefficient (Wildman–Crippen LogP) is 2.69. The molecule has 4 rings (SSSR count). The Labute approximate surface area is 146 Å². The zero-order valence-corrected chi connectivity index (χ0v) is 13.9. The monoisotopic (exact) mass is 353 g/mol. The third kappa shape index (κ3) is 2.99. The number of phenolic OH excluding ortho intramolecular Hbond substituents is 1. The molecule has 3 aromatic heterocycles. The molecule has 8 heteroatoms. The molecule has 1 aromatic carbocycles. The van der Waals surface area contributed by atoms with Crippen LogP contribution >= 0.6 is 11.3 Å². The van der Waals surface area contributed by atoms with E-state index in [-0.39, 0.29) is 11.7 Å². The molecule has 0 saturated carbocycles. The van der Waals surface area contributed by atoms with Crippen molar-refractivity contribution in [2.75, 3.05) is 6.54 Å². The molecule has 0 fully saturated rings. The second-order valence-corrected chi connectivity index (χ2v) is 6.41. The molecule has 0 atom stereocenters. The molecule has 0 unspecified atom stereocenters. The van der Waals surface area contributed by atoms with Crippen LogP contribution in [0.2, 0.25) is 0 Å². The van der Waals surface area contributed by atoms with Crippen LogP contribution in [0.3, 0.4) is 0 Å². The molecule has 4 aromatic rings. The zero-order chi connectivity index (χ0) is 17.2. The number of aromatic hydroxyl groups is 1. The zero-order valence-electron chi connectivity index (χ0n) is 13.1. The molecular formula is C17H15N5O2S. The number of aromatic amines is 2. The van der Waals surface area contributed by atoms with Crippen molar-refractivity contribution in [3.63, 3.8) is 0 Å². The molecule has 7 nitrogen and oxygen atoms in total. The van der Waals surface area contributed by atoms with Crippen LogP contribution in [0.1, 0.15) is 16.2 Å². The molecule has 126 valence electrons. The van der Waals surface area contributed by atoms with Gasteiger partial charge in [-0.2, -0.15) is 0 Å². The maximum absolute atomic E-state index is 12.5. The van der Waals surface area contributed by atoms with Crippen molar-refractivity contribution in [3.8, 4) is 16.5 Å². The topological polar surface area (TPSA) is 107 Å². The minimum atomic E-state index is -0.235. The summed E-state index contributed by atoms with van der Waals surface area (Å²) in [6.07, 6.45) is 4.04. The number of H-pyrrole nitrogens is 2. The Morgan fingerprint density at radius 2 is 2.24 bits per heavy atom. The molecule has 25 heavy (non-hydrogen) atoms. The molecule has 3 heterocycles. The van der Waals surface area contributed by atoms with Crippen LogP contribution in [0.5, 0.6) is 5.75 Å². The van der Waals surface area contributed by atoms with Gasteiger partial charge in [0, 0.05) is 25.4 Å². The number of aromatic nitrogens is 4. The van der Waals surface area contributed by atoms with E-state index in [4.69, 9.17) is 0 Å². The summed E-state index contributed by atoms with van der Waals surface area (Å²) in [5.74, 6) is 1.28. The van der Waals surface area contributed by atoms with Crippen LogP contribution in [-0.2, 0) is 6.42 Å². The van der Waals surface area contributed by atoms with Crippen LogP contribution in [-0.4, -0.2) is 37.5 Å². The minimum absolute atomic E-state index is 0.0671. The lowest BCUT2D eigenvalue weighted by Gasteiger charge is -2.05. The summed E-state index contributed by atoms with van der Waals surface area (Å²) in [6.45, 7) is 0.455. The van der Waals surface area contributed by atoms with E-state index < -0.39 is 0 Å². The fourth-order valence-electron chi connectivity index (χ4n) is 2.62. The van der Waals surface area contributed by atoms with Gasteiger partial charge in [0.1, 0.15) is 28.4 Å². The summed E-state index contributed by atoms with van der Waals surface area (Å²) >= 11 is 1.54. The first kappa shape index (κ1) is 15.4. The van der Waals surface area contributed by atoms with Gasteiger partial charge in [-0.3, -0.25) is 4.79 Å². The number of nitrogens with zero attached hydrogens (tertiary/aromatic N) is 2. The van der Waals surface area contributed by atoms with Crippen molar-refractivity contribution in [2.24, 2.45) is 0 Å². The number of phenols is 1. The molecule has 0 saturated heterocycles. The van der Waals surface area contributed by atoms with E-state index in [0.29, 0.717) is 35.4 Å². The summed E-state index contributed by atoms with van der Waals surface area (Å²) in [5.41, 5.74) is 1.34. The number of rotatable bonds is 5. The van der Waals surface area contributed by atoms with Gasteiger partial charge in [0.15, 0.2) is 0 Å². The molecular weight excluding hydrogens is 338 g/mol. The van der Waals surface area contributed by atoms with Gasteiger partial charge in [-0.15, -0.1) is 11.3 Å². The Balaban J connectivity index is 1.60. The van der Waals surface area contributed by atoms with E-state index in [0.717, 1.165) is 10.7 Å². The summed E-state index contributed by atoms with van der Waals surface area (Å²) in [5, 5.41) is 14.9. The summed E-state index contributed by atoms with van der Waals surface area (Å²) in [4.78, 5) is 28.2. The first-order valence-corrected chi connectivity index (χ1v) is 8.62. The first-order chi connectivity index (χ1) is 12.2. The van der Waals surface area contributed by atoms with Crippen LogP contribution < -0.4 is 5.32 Å². The number of amides is 1. The summed E-state index contributed by atoms with van der Waals surface area (Å²) < 4.78 is 0. The van der Waals surface area contributed by atoms with E-state index >= 15 is 0 Å². The first-order valence-electron chi connectivity index (χ1n) is 7.74. The fraction of sp³-hybridized carbons (Fsp3) is 0.118. The van der Waals surface area contributed by atoms with Crippen LogP contribution in [0, 0.1) is 0 Å². The number of carbonyl (C=O) groups is 1. The standard InChI is InChI=1S/C17H15N5O2S/c23-11-4-3-10(17(24)20-6-5-13-18-7-8-19-13)14-15(11)22-16(21-14)12-2-1-9-25-12/h1-4,7-9,23H,5-6H2,(H,18,19)(H,20,24)(H,21,22). The fourth-order valence-corrected chi connectivity index (χ4v) is 3.28. The van der Waals surface area contributed by atoms with Gasteiger partial charge in [0.25, 0.3) is 5.91 Å². The maximum atomic E-state index is 12.5. The lowest BCUT2D eigenvalue weighted by Crippen LogP contribution is -2.26. The second kappa shape index (κ2) is 6.40. The van der Waals surface area contributed by atoms with Gasteiger partial charge in [0.05, 0.1) is 10.4 Å². The number of hydrogen-bond donors (Lipinski definition) is 4.